The summed E-state index contributed by atoms with van der Waals surface area (Å²) < 4.78 is 0.562. The summed E-state index contributed by atoms with van der Waals surface area (Å²) in [5.41, 5.74) is 2.61. The molecular formula is C10H13NS2. The summed E-state index contributed by atoms with van der Waals surface area (Å²) in [5, 5.41) is 3.00. The van der Waals surface area contributed by atoms with Crippen LogP contribution >= 0.6 is 24.8 Å². The molecule has 1 aromatic rings. The number of aryl methyl sites for hydroxylation is 1. The number of rotatable bonds is 3. The van der Waals surface area contributed by atoms with Gasteiger partial charge in [0.15, 0.2) is 0 Å². The average Bonchev–Trinajstić information content (AvgIpc) is 2.08. The third kappa shape index (κ3) is 4.29. The number of benzene rings is 1. The Balaban J connectivity index is 2.37. The van der Waals surface area contributed by atoms with E-state index in [1.165, 1.54) is 11.1 Å². The van der Waals surface area contributed by atoms with Crippen LogP contribution in [0.4, 0.5) is 0 Å². The summed E-state index contributed by atoms with van der Waals surface area (Å²) in [6, 6.07) is 8.51. The largest absolute Gasteiger partial charge is 0.371 e. The lowest BCUT2D eigenvalue weighted by Crippen LogP contribution is -2.19. The van der Waals surface area contributed by atoms with Crippen LogP contribution in [0.1, 0.15) is 11.1 Å². The van der Waals surface area contributed by atoms with E-state index in [1.807, 2.05) is 0 Å². The van der Waals surface area contributed by atoms with E-state index in [1.54, 1.807) is 0 Å². The lowest BCUT2D eigenvalue weighted by Gasteiger charge is -2.03. The third-order valence-electron chi connectivity index (χ3n) is 1.81. The van der Waals surface area contributed by atoms with Crippen molar-refractivity contribution >= 4 is 29.2 Å². The molecule has 1 N–H and O–H groups in total. The van der Waals surface area contributed by atoms with Crippen molar-refractivity contribution in [2.75, 3.05) is 6.54 Å². The first-order valence-electron chi connectivity index (χ1n) is 4.21. The molecule has 0 aromatic heterocycles. The summed E-state index contributed by atoms with van der Waals surface area (Å²) in [7, 11) is 0. The number of thiol groups is 1. The molecule has 1 rings (SSSR count). The molecule has 0 aliphatic rings. The first-order valence-corrected chi connectivity index (χ1v) is 5.06. The molecule has 0 saturated carbocycles. The summed E-state index contributed by atoms with van der Waals surface area (Å²) in [6.45, 7) is 2.94. The van der Waals surface area contributed by atoms with Crippen LogP contribution in [0.3, 0.4) is 0 Å². The highest BCUT2D eigenvalue weighted by Crippen LogP contribution is 2.03. The highest BCUT2D eigenvalue weighted by molar-refractivity contribution is 8.11. The van der Waals surface area contributed by atoms with Crippen molar-refractivity contribution in [1.29, 1.82) is 0 Å². The van der Waals surface area contributed by atoms with Gasteiger partial charge < -0.3 is 5.32 Å². The maximum Gasteiger partial charge on any atom is 0.130 e. The van der Waals surface area contributed by atoms with Gasteiger partial charge >= 0.3 is 0 Å². The van der Waals surface area contributed by atoms with Gasteiger partial charge in [0, 0.05) is 6.54 Å². The van der Waals surface area contributed by atoms with Crippen LogP contribution in [-0.2, 0) is 6.42 Å². The van der Waals surface area contributed by atoms with Crippen molar-refractivity contribution in [2.45, 2.75) is 13.3 Å². The molecule has 0 unspecified atom stereocenters. The lowest BCUT2D eigenvalue weighted by molar-refractivity contribution is 0.882. The van der Waals surface area contributed by atoms with Crippen molar-refractivity contribution in [1.82, 2.24) is 5.32 Å². The number of thiocarbonyl (C=S) groups is 1. The zero-order valence-corrected chi connectivity index (χ0v) is 9.29. The monoisotopic (exact) mass is 211 g/mol. The van der Waals surface area contributed by atoms with Crippen LogP contribution in [0.5, 0.6) is 0 Å². The number of hydrogen-bond acceptors (Lipinski definition) is 1. The highest BCUT2D eigenvalue weighted by Gasteiger charge is 1.92. The number of nitrogens with one attached hydrogen (secondary N) is 1. The second-order valence-corrected chi connectivity index (χ2v) is 4.13. The van der Waals surface area contributed by atoms with Crippen molar-refractivity contribution in [3.63, 3.8) is 0 Å². The van der Waals surface area contributed by atoms with Crippen LogP contribution in [0.15, 0.2) is 24.3 Å². The molecule has 0 bridgehead atoms. The van der Waals surface area contributed by atoms with Gasteiger partial charge in [-0.3, -0.25) is 0 Å². The molecule has 0 radical (unpaired) electrons. The molecule has 1 nitrogen and oxygen atoms in total. The van der Waals surface area contributed by atoms with E-state index in [-0.39, 0.29) is 0 Å². The SMILES string of the molecule is Cc1ccc(CCNC(=S)S)cc1. The second-order valence-electron chi connectivity index (χ2n) is 2.97. The van der Waals surface area contributed by atoms with E-state index in [2.05, 4.69) is 49.1 Å². The van der Waals surface area contributed by atoms with Gasteiger partial charge in [0.2, 0.25) is 0 Å². The molecule has 0 aliphatic carbocycles. The average molecular weight is 211 g/mol. The summed E-state index contributed by atoms with van der Waals surface area (Å²) in [4.78, 5) is 0. The molecule has 70 valence electrons. The van der Waals surface area contributed by atoms with Gasteiger partial charge in [-0.15, -0.1) is 12.6 Å². The topological polar surface area (TPSA) is 12.0 Å². The molecular weight excluding hydrogens is 198 g/mol. The van der Waals surface area contributed by atoms with Crippen molar-refractivity contribution in [2.24, 2.45) is 0 Å². The molecule has 0 fully saturated rings. The van der Waals surface area contributed by atoms with Gasteiger partial charge in [-0.25, -0.2) is 0 Å². The summed E-state index contributed by atoms with van der Waals surface area (Å²) in [6.07, 6.45) is 0.987. The molecule has 0 spiro atoms. The molecule has 1 aromatic carbocycles. The second kappa shape index (κ2) is 5.25. The molecule has 0 atom stereocenters. The Morgan fingerprint density at radius 1 is 1.38 bits per heavy atom. The van der Waals surface area contributed by atoms with Gasteiger partial charge in [-0.05, 0) is 18.9 Å². The van der Waals surface area contributed by atoms with E-state index >= 15 is 0 Å². The van der Waals surface area contributed by atoms with Crippen molar-refractivity contribution in [3.05, 3.63) is 35.4 Å². The molecule has 13 heavy (non-hydrogen) atoms. The normalized spacial score (nSPS) is 9.69. The maximum atomic E-state index is 4.78. The van der Waals surface area contributed by atoms with Crippen LogP contribution in [-0.4, -0.2) is 10.9 Å². The van der Waals surface area contributed by atoms with Gasteiger partial charge in [0.25, 0.3) is 0 Å². The quantitative estimate of drug-likeness (QED) is 0.588. The first-order chi connectivity index (χ1) is 6.18. The predicted octanol–water partition coefficient (Wildman–Crippen LogP) is 2.34. The minimum Gasteiger partial charge on any atom is -0.371 e. The van der Waals surface area contributed by atoms with Gasteiger partial charge in [-0.1, -0.05) is 42.0 Å². The van der Waals surface area contributed by atoms with Crippen molar-refractivity contribution in [3.8, 4) is 0 Å². The zero-order chi connectivity index (χ0) is 9.68. The smallest absolute Gasteiger partial charge is 0.130 e. The Kier molecular flexibility index (Phi) is 4.25. The first kappa shape index (κ1) is 10.5. The fourth-order valence-corrected chi connectivity index (χ4v) is 1.28. The van der Waals surface area contributed by atoms with E-state index in [9.17, 15) is 0 Å². The van der Waals surface area contributed by atoms with E-state index < -0.39 is 0 Å². The fourth-order valence-electron chi connectivity index (χ4n) is 1.07. The standard InChI is InChI=1S/C10H13NS2/c1-8-2-4-9(5-3-8)6-7-11-10(12)13/h2-5H,6-7H2,1H3,(H2,11,12,13). The van der Waals surface area contributed by atoms with E-state index in [4.69, 9.17) is 12.2 Å². The summed E-state index contributed by atoms with van der Waals surface area (Å²) in [5.74, 6) is 0. The Morgan fingerprint density at radius 3 is 2.54 bits per heavy atom. The third-order valence-corrected chi connectivity index (χ3v) is 2.11. The Hall–Kier alpha value is -0.540. The van der Waals surface area contributed by atoms with Crippen LogP contribution in [0.2, 0.25) is 0 Å². The van der Waals surface area contributed by atoms with Crippen LogP contribution in [0.25, 0.3) is 0 Å². The Morgan fingerprint density at radius 2 is 2.00 bits per heavy atom. The van der Waals surface area contributed by atoms with Crippen LogP contribution < -0.4 is 5.32 Å². The van der Waals surface area contributed by atoms with E-state index in [0.717, 1.165) is 13.0 Å². The summed E-state index contributed by atoms with van der Waals surface area (Å²) >= 11 is 8.77. The van der Waals surface area contributed by atoms with Gasteiger partial charge in [0.1, 0.15) is 4.32 Å². The molecule has 3 heteroatoms. The maximum absolute atomic E-state index is 4.78. The molecule has 0 amide bonds. The Bertz CT molecular complexity index is 279. The van der Waals surface area contributed by atoms with Gasteiger partial charge in [-0.2, -0.15) is 0 Å². The predicted molar refractivity (Wildman–Crippen MR) is 64.5 cm³/mol. The Labute approximate surface area is 90.0 Å². The lowest BCUT2D eigenvalue weighted by atomic mass is 10.1. The molecule has 0 saturated heterocycles. The fraction of sp³-hybridized carbons (Fsp3) is 0.300. The minimum absolute atomic E-state index is 0.562. The molecule has 0 heterocycles. The highest BCUT2D eigenvalue weighted by atomic mass is 32.1. The van der Waals surface area contributed by atoms with Crippen LogP contribution in [0, 0.1) is 6.92 Å². The van der Waals surface area contributed by atoms with Gasteiger partial charge in [0.05, 0.1) is 0 Å². The number of hydrogen-bond donors (Lipinski definition) is 2. The minimum atomic E-state index is 0.562. The molecule has 0 aliphatic heterocycles. The van der Waals surface area contributed by atoms with E-state index in [0.29, 0.717) is 4.32 Å². The zero-order valence-electron chi connectivity index (χ0n) is 7.58. The van der Waals surface area contributed by atoms with Crippen molar-refractivity contribution < 1.29 is 0 Å².